The maximum atomic E-state index is 12.7. The molecule has 1 heterocycles. The zero-order valence-electron chi connectivity index (χ0n) is 12.4. The topological polar surface area (TPSA) is 63.8 Å². The van der Waals surface area contributed by atoms with Crippen LogP contribution in [-0.2, 0) is 6.18 Å². The van der Waals surface area contributed by atoms with Crippen molar-refractivity contribution in [3.05, 3.63) is 66.5 Å². The number of aromatic nitrogens is 2. The van der Waals surface area contributed by atoms with Gasteiger partial charge in [-0.3, -0.25) is 0 Å². The molecule has 122 valence electrons. The number of rotatable bonds is 3. The van der Waals surface area contributed by atoms with Gasteiger partial charge >= 0.3 is 6.18 Å². The summed E-state index contributed by atoms with van der Waals surface area (Å²) in [5.74, 6) is -0.116. The average molecular weight is 330 g/mol. The molecule has 1 aromatic heterocycles. The van der Waals surface area contributed by atoms with Gasteiger partial charge in [0.1, 0.15) is 5.69 Å². The average Bonchev–Trinajstić information content (AvgIpc) is 2.55. The number of hydrogen-bond acceptors (Lipinski definition) is 4. The molecule has 4 nitrogen and oxygen atoms in total. The Kier molecular flexibility index (Phi) is 4.07. The van der Waals surface area contributed by atoms with Crippen molar-refractivity contribution in [2.75, 3.05) is 11.1 Å². The third-order valence-corrected chi connectivity index (χ3v) is 3.28. The second kappa shape index (κ2) is 6.19. The van der Waals surface area contributed by atoms with Crippen LogP contribution in [0.5, 0.6) is 0 Å². The van der Waals surface area contributed by atoms with Gasteiger partial charge < -0.3 is 11.1 Å². The first-order valence-corrected chi connectivity index (χ1v) is 7.05. The highest BCUT2D eigenvalue weighted by molar-refractivity contribution is 5.71. The first kappa shape index (κ1) is 15.8. The quantitative estimate of drug-likeness (QED) is 0.695. The third-order valence-electron chi connectivity index (χ3n) is 3.28. The summed E-state index contributed by atoms with van der Waals surface area (Å²) in [6, 6.07) is 15.3. The summed E-state index contributed by atoms with van der Waals surface area (Å²) in [6.45, 7) is 0. The molecule has 3 rings (SSSR count). The Bertz CT molecular complexity index is 862. The van der Waals surface area contributed by atoms with Gasteiger partial charge in [-0.1, -0.05) is 24.3 Å². The lowest BCUT2D eigenvalue weighted by atomic mass is 10.0. The molecular weight excluding hydrogens is 317 g/mol. The Labute approximate surface area is 136 Å². The second-order valence-electron chi connectivity index (χ2n) is 5.09. The molecule has 0 saturated carbocycles. The maximum absolute atomic E-state index is 12.7. The highest BCUT2D eigenvalue weighted by atomic mass is 19.4. The number of nitrogens with two attached hydrogens (primary N) is 1. The minimum atomic E-state index is -4.51. The van der Waals surface area contributed by atoms with Crippen LogP contribution in [0.3, 0.4) is 0 Å². The molecule has 0 fully saturated rings. The van der Waals surface area contributed by atoms with E-state index in [1.165, 1.54) is 0 Å². The zero-order chi connectivity index (χ0) is 17.2. The van der Waals surface area contributed by atoms with Crippen molar-refractivity contribution in [2.24, 2.45) is 0 Å². The van der Waals surface area contributed by atoms with Gasteiger partial charge in [0, 0.05) is 17.6 Å². The van der Waals surface area contributed by atoms with Crippen molar-refractivity contribution >= 4 is 17.3 Å². The highest BCUT2D eigenvalue weighted by Crippen LogP contribution is 2.29. The van der Waals surface area contributed by atoms with E-state index in [9.17, 15) is 13.2 Å². The van der Waals surface area contributed by atoms with Gasteiger partial charge in [-0.15, -0.1) is 0 Å². The van der Waals surface area contributed by atoms with Gasteiger partial charge in [-0.05, 0) is 41.5 Å². The standard InChI is InChI=1S/C17H13F3N4/c18-17(19,20)15-7-8-22-16(24-15)23-14-6-2-4-12(10-14)11-3-1-5-13(21)9-11/h1-10H,21H2,(H,22,23,24). The fourth-order valence-electron chi connectivity index (χ4n) is 2.20. The number of benzene rings is 2. The molecule has 0 amide bonds. The molecule has 2 aromatic carbocycles. The number of nitrogens with zero attached hydrogens (tertiary/aromatic N) is 2. The molecule has 0 saturated heterocycles. The summed E-state index contributed by atoms with van der Waals surface area (Å²) in [6.07, 6.45) is -3.44. The number of hydrogen-bond donors (Lipinski definition) is 2. The van der Waals surface area contributed by atoms with E-state index >= 15 is 0 Å². The molecular formula is C17H13F3N4. The Morgan fingerprint density at radius 3 is 2.33 bits per heavy atom. The van der Waals surface area contributed by atoms with E-state index in [0.29, 0.717) is 11.4 Å². The zero-order valence-corrected chi connectivity index (χ0v) is 12.4. The van der Waals surface area contributed by atoms with Crippen LogP contribution >= 0.6 is 0 Å². The van der Waals surface area contributed by atoms with Crippen LogP contribution in [-0.4, -0.2) is 9.97 Å². The normalized spacial score (nSPS) is 11.3. The van der Waals surface area contributed by atoms with E-state index in [1.54, 1.807) is 24.3 Å². The SMILES string of the molecule is Nc1cccc(-c2cccc(Nc3nccc(C(F)(F)F)n3)c2)c1. The molecule has 3 N–H and O–H groups in total. The van der Waals surface area contributed by atoms with Gasteiger partial charge in [0.15, 0.2) is 0 Å². The van der Waals surface area contributed by atoms with Crippen LogP contribution in [0.25, 0.3) is 11.1 Å². The molecule has 3 aromatic rings. The van der Waals surface area contributed by atoms with Crippen LogP contribution in [0.1, 0.15) is 5.69 Å². The van der Waals surface area contributed by atoms with E-state index < -0.39 is 11.9 Å². The predicted molar refractivity (Wildman–Crippen MR) is 86.6 cm³/mol. The fourth-order valence-corrected chi connectivity index (χ4v) is 2.20. The van der Waals surface area contributed by atoms with Crippen LogP contribution in [0.15, 0.2) is 60.8 Å². The number of anilines is 3. The van der Waals surface area contributed by atoms with Gasteiger partial charge in [0.05, 0.1) is 0 Å². The number of nitrogen functional groups attached to an aromatic ring is 1. The van der Waals surface area contributed by atoms with Gasteiger partial charge in [0.25, 0.3) is 0 Å². The molecule has 0 spiro atoms. The number of nitrogens with one attached hydrogen (secondary N) is 1. The predicted octanol–water partition coefficient (Wildman–Crippen LogP) is 4.49. The Morgan fingerprint density at radius 2 is 1.62 bits per heavy atom. The summed E-state index contributed by atoms with van der Waals surface area (Å²) >= 11 is 0. The van der Waals surface area contributed by atoms with Gasteiger partial charge in [-0.25, -0.2) is 9.97 Å². The second-order valence-corrected chi connectivity index (χ2v) is 5.09. The van der Waals surface area contributed by atoms with E-state index in [2.05, 4.69) is 15.3 Å². The lowest BCUT2D eigenvalue weighted by molar-refractivity contribution is -0.141. The molecule has 24 heavy (non-hydrogen) atoms. The molecule has 7 heteroatoms. The summed E-state index contributed by atoms with van der Waals surface area (Å²) < 4.78 is 38.1. The molecule has 0 aliphatic heterocycles. The minimum absolute atomic E-state index is 0.116. The van der Waals surface area contributed by atoms with E-state index in [-0.39, 0.29) is 5.95 Å². The Balaban J connectivity index is 1.88. The van der Waals surface area contributed by atoms with Crippen LogP contribution in [0, 0.1) is 0 Å². The van der Waals surface area contributed by atoms with Crippen molar-refractivity contribution in [1.82, 2.24) is 9.97 Å². The van der Waals surface area contributed by atoms with Crippen molar-refractivity contribution in [2.45, 2.75) is 6.18 Å². The third kappa shape index (κ3) is 3.62. The van der Waals surface area contributed by atoms with Crippen LogP contribution in [0.4, 0.5) is 30.5 Å². The number of halogens is 3. The Morgan fingerprint density at radius 1 is 0.917 bits per heavy atom. The summed E-state index contributed by atoms with van der Waals surface area (Å²) in [7, 11) is 0. The molecule has 0 aliphatic rings. The fraction of sp³-hybridized carbons (Fsp3) is 0.0588. The van der Waals surface area contributed by atoms with Gasteiger partial charge in [-0.2, -0.15) is 13.2 Å². The van der Waals surface area contributed by atoms with E-state index in [0.717, 1.165) is 23.4 Å². The summed E-state index contributed by atoms with van der Waals surface area (Å²) in [5, 5.41) is 2.79. The van der Waals surface area contributed by atoms with E-state index in [4.69, 9.17) is 5.73 Å². The van der Waals surface area contributed by atoms with Crippen LogP contribution < -0.4 is 11.1 Å². The number of alkyl halides is 3. The summed E-state index contributed by atoms with van der Waals surface area (Å²) in [5.41, 5.74) is 7.77. The van der Waals surface area contributed by atoms with Crippen molar-refractivity contribution in [1.29, 1.82) is 0 Å². The monoisotopic (exact) mass is 330 g/mol. The van der Waals surface area contributed by atoms with E-state index in [1.807, 2.05) is 24.3 Å². The van der Waals surface area contributed by atoms with Crippen molar-refractivity contribution in [3.63, 3.8) is 0 Å². The highest BCUT2D eigenvalue weighted by Gasteiger charge is 2.32. The lowest BCUT2D eigenvalue weighted by Gasteiger charge is -2.10. The Hall–Kier alpha value is -3.09. The lowest BCUT2D eigenvalue weighted by Crippen LogP contribution is -2.10. The minimum Gasteiger partial charge on any atom is -0.399 e. The summed E-state index contributed by atoms with van der Waals surface area (Å²) in [4.78, 5) is 7.31. The molecule has 0 radical (unpaired) electrons. The van der Waals surface area contributed by atoms with Crippen LogP contribution in [0.2, 0.25) is 0 Å². The smallest absolute Gasteiger partial charge is 0.399 e. The first-order valence-electron chi connectivity index (χ1n) is 7.05. The molecule has 0 atom stereocenters. The largest absolute Gasteiger partial charge is 0.433 e. The van der Waals surface area contributed by atoms with Gasteiger partial charge in [0.2, 0.25) is 5.95 Å². The molecule has 0 aliphatic carbocycles. The molecule has 0 unspecified atom stereocenters. The maximum Gasteiger partial charge on any atom is 0.433 e. The first-order chi connectivity index (χ1) is 11.4. The van der Waals surface area contributed by atoms with Crippen molar-refractivity contribution in [3.8, 4) is 11.1 Å². The van der Waals surface area contributed by atoms with Crippen molar-refractivity contribution < 1.29 is 13.2 Å². The molecule has 0 bridgehead atoms.